The molecule has 0 aromatic carbocycles. The van der Waals surface area contributed by atoms with E-state index in [4.69, 9.17) is 0 Å². The summed E-state index contributed by atoms with van der Waals surface area (Å²) in [5.41, 5.74) is 5.85. The number of hydrogen-bond donors (Lipinski definition) is 3. The van der Waals surface area contributed by atoms with E-state index < -0.39 is 0 Å². The Bertz CT molecular complexity index is 1480. The number of H-pyrrole nitrogens is 3. The highest BCUT2D eigenvalue weighted by Crippen LogP contribution is 2.35. The molecule has 0 aliphatic rings. The Labute approximate surface area is 166 Å². The van der Waals surface area contributed by atoms with Gasteiger partial charge in [0.2, 0.25) is 0 Å². The summed E-state index contributed by atoms with van der Waals surface area (Å²) >= 11 is 1.08. The molecule has 0 unspecified atom stereocenters. The number of aromatic nitrogens is 7. The molecule has 0 spiro atoms. The first-order valence-electron chi connectivity index (χ1n) is 8.83. The van der Waals surface area contributed by atoms with Gasteiger partial charge in [0.1, 0.15) is 5.69 Å². The number of thiophene rings is 1. The lowest BCUT2D eigenvalue weighted by Gasteiger charge is -1.98. The number of halogens is 1. The van der Waals surface area contributed by atoms with Gasteiger partial charge in [-0.05, 0) is 30.3 Å². The topological polar surface area (TPSA) is 98.9 Å². The van der Waals surface area contributed by atoms with Crippen LogP contribution in [0.3, 0.4) is 0 Å². The summed E-state index contributed by atoms with van der Waals surface area (Å²) in [4.78, 5) is 13.1. The van der Waals surface area contributed by atoms with Crippen molar-refractivity contribution in [1.82, 2.24) is 35.3 Å². The summed E-state index contributed by atoms with van der Waals surface area (Å²) in [6.45, 7) is 0. The molecule has 6 aromatic heterocycles. The molecule has 0 aliphatic carbocycles. The molecule has 3 N–H and O–H groups in total. The average molecular weight is 401 g/mol. The van der Waals surface area contributed by atoms with Crippen LogP contribution in [0, 0.1) is 5.13 Å². The zero-order chi connectivity index (χ0) is 19.4. The van der Waals surface area contributed by atoms with Gasteiger partial charge >= 0.3 is 0 Å². The first-order valence-corrected chi connectivity index (χ1v) is 9.65. The smallest absolute Gasteiger partial charge is 0.177 e. The monoisotopic (exact) mass is 401 g/mol. The van der Waals surface area contributed by atoms with Crippen LogP contribution in [0.4, 0.5) is 4.39 Å². The molecule has 6 heterocycles. The van der Waals surface area contributed by atoms with E-state index >= 15 is 0 Å². The fourth-order valence-corrected chi connectivity index (χ4v) is 4.23. The highest BCUT2D eigenvalue weighted by atomic mass is 32.1. The number of fused-ring (bicyclic) bond motifs is 2. The third-order valence-corrected chi connectivity index (χ3v) is 5.73. The van der Waals surface area contributed by atoms with Crippen LogP contribution in [-0.2, 0) is 0 Å². The minimum Gasteiger partial charge on any atom is -0.353 e. The predicted octanol–water partition coefficient (Wildman–Crippen LogP) is 4.76. The third kappa shape index (κ3) is 2.55. The summed E-state index contributed by atoms with van der Waals surface area (Å²) in [6.07, 6.45) is 7.02. The predicted molar refractivity (Wildman–Crippen MR) is 110 cm³/mol. The third-order valence-electron chi connectivity index (χ3n) is 4.85. The molecule has 0 bridgehead atoms. The van der Waals surface area contributed by atoms with Crippen LogP contribution in [0.15, 0.2) is 55.1 Å². The molecular weight excluding hydrogens is 389 g/mol. The highest BCUT2D eigenvalue weighted by molar-refractivity contribution is 7.13. The summed E-state index contributed by atoms with van der Waals surface area (Å²) in [5, 5.41) is 16.0. The van der Waals surface area contributed by atoms with E-state index in [1.165, 1.54) is 6.07 Å². The van der Waals surface area contributed by atoms with Gasteiger partial charge in [-0.15, -0.1) is 11.3 Å². The van der Waals surface area contributed by atoms with E-state index in [-0.39, 0.29) is 5.13 Å². The molecule has 0 aliphatic heterocycles. The largest absolute Gasteiger partial charge is 0.353 e. The normalized spacial score (nSPS) is 11.6. The van der Waals surface area contributed by atoms with E-state index in [0.29, 0.717) is 0 Å². The second kappa shape index (κ2) is 6.08. The number of pyridine rings is 2. The number of nitrogens with one attached hydrogen (secondary N) is 3. The van der Waals surface area contributed by atoms with Crippen molar-refractivity contribution in [2.45, 2.75) is 0 Å². The van der Waals surface area contributed by atoms with Gasteiger partial charge in [0.15, 0.2) is 5.13 Å². The summed E-state index contributed by atoms with van der Waals surface area (Å²) < 4.78 is 13.5. The SMILES string of the molecule is Fc1ccc(-c2nccc3[nH]c(-c4n[nH]c5cnc(-c6cn[nH]c6)cc45)cc23)s1. The molecule has 6 rings (SSSR count). The Balaban J connectivity index is 1.53. The standard InChI is InChI=1S/C20H12FN7S/c21-18-2-1-17(29-18)20-11-6-15(26-13(11)3-4-22-20)19-12-5-14(10-7-24-25-8-10)23-9-16(12)27-28-19/h1-9,26H,(H,24,25)(H,27,28). The van der Waals surface area contributed by atoms with Crippen LogP contribution in [0.1, 0.15) is 0 Å². The fourth-order valence-electron chi connectivity index (χ4n) is 3.49. The summed E-state index contributed by atoms with van der Waals surface area (Å²) in [5.74, 6) is 0. The van der Waals surface area contributed by atoms with E-state index in [0.717, 1.165) is 66.4 Å². The number of nitrogens with zero attached hydrogens (tertiary/aromatic N) is 4. The molecule has 9 heteroatoms. The Morgan fingerprint density at radius 1 is 0.931 bits per heavy atom. The minimum atomic E-state index is -0.230. The number of aromatic amines is 3. The average Bonchev–Trinajstić information content (AvgIpc) is 3.51. The van der Waals surface area contributed by atoms with Crippen molar-refractivity contribution in [1.29, 1.82) is 0 Å². The lowest BCUT2D eigenvalue weighted by Crippen LogP contribution is -1.82. The van der Waals surface area contributed by atoms with Gasteiger partial charge in [0.05, 0.1) is 39.9 Å². The van der Waals surface area contributed by atoms with Gasteiger partial charge in [0, 0.05) is 34.2 Å². The maximum absolute atomic E-state index is 13.5. The first kappa shape index (κ1) is 16.1. The highest BCUT2D eigenvalue weighted by Gasteiger charge is 2.16. The quantitative estimate of drug-likeness (QED) is 0.398. The Morgan fingerprint density at radius 2 is 1.86 bits per heavy atom. The van der Waals surface area contributed by atoms with Crippen LogP contribution < -0.4 is 0 Å². The van der Waals surface area contributed by atoms with Crippen molar-refractivity contribution in [3.05, 3.63) is 60.3 Å². The summed E-state index contributed by atoms with van der Waals surface area (Å²) in [7, 11) is 0. The maximum atomic E-state index is 13.5. The molecule has 140 valence electrons. The molecular formula is C20H12FN7S. The molecule has 0 amide bonds. The summed E-state index contributed by atoms with van der Waals surface area (Å²) in [6, 6.07) is 9.10. The fraction of sp³-hybridized carbons (Fsp3) is 0. The van der Waals surface area contributed by atoms with Gasteiger partial charge in [-0.3, -0.25) is 20.2 Å². The molecule has 0 saturated heterocycles. The Hall–Kier alpha value is -3.85. The van der Waals surface area contributed by atoms with Gasteiger partial charge < -0.3 is 4.98 Å². The van der Waals surface area contributed by atoms with Gasteiger partial charge in [-0.1, -0.05) is 0 Å². The van der Waals surface area contributed by atoms with Crippen molar-refractivity contribution in [3.8, 4) is 33.2 Å². The molecule has 0 atom stereocenters. The van der Waals surface area contributed by atoms with Gasteiger partial charge in [0.25, 0.3) is 0 Å². The first-order chi connectivity index (χ1) is 14.3. The lowest BCUT2D eigenvalue weighted by atomic mass is 10.1. The van der Waals surface area contributed by atoms with Gasteiger partial charge in [-0.2, -0.15) is 14.6 Å². The van der Waals surface area contributed by atoms with Crippen LogP contribution in [-0.4, -0.2) is 35.3 Å². The van der Waals surface area contributed by atoms with Crippen molar-refractivity contribution < 1.29 is 4.39 Å². The Morgan fingerprint density at radius 3 is 2.69 bits per heavy atom. The minimum absolute atomic E-state index is 0.230. The van der Waals surface area contributed by atoms with Crippen molar-refractivity contribution in [2.75, 3.05) is 0 Å². The van der Waals surface area contributed by atoms with Crippen molar-refractivity contribution in [3.63, 3.8) is 0 Å². The lowest BCUT2D eigenvalue weighted by molar-refractivity contribution is 0.657. The van der Waals surface area contributed by atoms with Crippen LogP contribution in [0.25, 0.3) is 55.0 Å². The molecule has 6 aromatic rings. The van der Waals surface area contributed by atoms with Crippen LogP contribution in [0.2, 0.25) is 0 Å². The maximum Gasteiger partial charge on any atom is 0.177 e. The van der Waals surface area contributed by atoms with Crippen molar-refractivity contribution >= 4 is 33.1 Å². The van der Waals surface area contributed by atoms with E-state index in [1.807, 2.05) is 18.2 Å². The molecule has 0 saturated carbocycles. The zero-order valence-electron chi connectivity index (χ0n) is 14.8. The Kier molecular flexibility index (Phi) is 3.38. The molecule has 0 fully saturated rings. The van der Waals surface area contributed by atoms with Crippen LogP contribution in [0.5, 0.6) is 0 Å². The van der Waals surface area contributed by atoms with Crippen molar-refractivity contribution in [2.24, 2.45) is 0 Å². The van der Waals surface area contributed by atoms with E-state index in [9.17, 15) is 4.39 Å². The number of rotatable bonds is 3. The van der Waals surface area contributed by atoms with E-state index in [2.05, 4.69) is 35.3 Å². The zero-order valence-corrected chi connectivity index (χ0v) is 15.6. The van der Waals surface area contributed by atoms with E-state index in [1.54, 1.807) is 30.9 Å². The second-order valence-electron chi connectivity index (χ2n) is 6.58. The molecule has 7 nitrogen and oxygen atoms in total. The van der Waals surface area contributed by atoms with Gasteiger partial charge in [-0.25, -0.2) is 0 Å². The second-order valence-corrected chi connectivity index (χ2v) is 7.62. The number of hydrogen-bond acceptors (Lipinski definition) is 5. The molecule has 0 radical (unpaired) electrons. The van der Waals surface area contributed by atoms with Crippen LogP contribution >= 0.6 is 11.3 Å². The molecule has 29 heavy (non-hydrogen) atoms.